The normalized spacial score (nSPS) is 9.31. The predicted molar refractivity (Wildman–Crippen MR) is 40.6 cm³/mol. The van der Waals surface area contributed by atoms with Crippen LogP contribution in [0, 0.1) is 10.1 Å². The first kappa shape index (κ1) is 8.94. The van der Waals surface area contributed by atoms with Gasteiger partial charge in [0.25, 0.3) is 0 Å². The molecule has 0 aliphatic carbocycles. The van der Waals surface area contributed by atoms with Crippen LogP contribution in [0.4, 0.5) is 5.82 Å². The summed E-state index contributed by atoms with van der Waals surface area (Å²) >= 11 is 0. The van der Waals surface area contributed by atoms with E-state index >= 15 is 0 Å². The van der Waals surface area contributed by atoms with Crippen molar-refractivity contribution in [1.29, 1.82) is 0 Å². The molecule has 0 spiro atoms. The molecule has 0 unspecified atom stereocenters. The first-order valence-electron chi connectivity index (χ1n) is 3.35. The van der Waals surface area contributed by atoms with E-state index in [4.69, 9.17) is 5.53 Å². The Bertz CT molecular complexity index is 376. The Morgan fingerprint density at radius 2 is 2.54 bits per heavy atom. The molecule has 0 fully saturated rings. The van der Waals surface area contributed by atoms with Crippen LogP contribution in [0.2, 0.25) is 0 Å². The van der Waals surface area contributed by atoms with Gasteiger partial charge in [-0.15, -0.1) is 10.6 Å². The van der Waals surface area contributed by atoms with Crippen LogP contribution in [0.5, 0.6) is 0 Å². The Morgan fingerprint density at radius 3 is 3.00 bits per heavy atom. The first-order valence-corrected chi connectivity index (χ1v) is 3.35. The van der Waals surface area contributed by atoms with E-state index in [0.717, 1.165) is 0 Å². The minimum atomic E-state index is -0.687. The molecule has 1 rings (SSSR count). The molecule has 0 radical (unpaired) electrons. The van der Waals surface area contributed by atoms with Crippen LogP contribution in [-0.4, -0.2) is 20.0 Å². The fourth-order valence-electron chi connectivity index (χ4n) is 0.804. The number of aryl methyl sites for hydroxylation is 1. The van der Waals surface area contributed by atoms with Crippen molar-refractivity contribution in [1.82, 2.24) is 15.1 Å². The van der Waals surface area contributed by atoms with Crippen molar-refractivity contribution in [3.05, 3.63) is 26.3 Å². The van der Waals surface area contributed by atoms with E-state index in [1.165, 1.54) is 0 Å². The molecule has 0 atom stereocenters. The lowest BCUT2D eigenvalue weighted by atomic mass is 10.3. The standard InChI is InChI=1S/C4H5N7O2/c1-2-3-4(11(12)13)10(8-6-3)9-7-5/h2H2,1H3. The average molecular weight is 183 g/mol. The summed E-state index contributed by atoms with van der Waals surface area (Å²) in [6.07, 6.45) is 0.358. The zero-order valence-corrected chi connectivity index (χ0v) is 6.65. The average Bonchev–Trinajstić information content (AvgIpc) is 2.48. The molecule has 1 aromatic rings. The Kier molecular flexibility index (Phi) is 2.41. The highest BCUT2D eigenvalue weighted by molar-refractivity contribution is 5.24. The molecule has 0 aliphatic heterocycles. The van der Waals surface area contributed by atoms with E-state index in [-0.39, 0.29) is 11.5 Å². The van der Waals surface area contributed by atoms with E-state index in [2.05, 4.69) is 20.4 Å². The molecule has 0 amide bonds. The molecule has 0 saturated heterocycles. The van der Waals surface area contributed by atoms with Crippen LogP contribution >= 0.6 is 0 Å². The zero-order valence-electron chi connectivity index (χ0n) is 6.65. The molecule has 68 valence electrons. The molecule has 9 heteroatoms. The fourth-order valence-corrected chi connectivity index (χ4v) is 0.804. The number of azide groups is 1. The maximum absolute atomic E-state index is 10.5. The van der Waals surface area contributed by atoms with Gasteiger partial charge in [0, 0.05) is 10.4 Å². The van der Waals surface area contributed by atoms with Gasteiger partial charge in [0.05, 0.1) is 0 Å². The van der Waals surface area contributed by atoms with E-state index in [9.17, 15) is 10.1 Å². The molecule has 1 heterocycles. The monoisotopic (exact) mass is 183 g/mol. The third-order valence-electron chi connectivity index (χ3n) is 1.33. The molecule has 0 aromatic carbocycles. The second-order valence-electron chi connectivity index (χ2n) is 2.04. The lowest BCUT2D eigenvalue weighted by Gasteiger charge is -1.92. The maximum Gasteiger partial charge on any atom is 0.380 e. The van der Waals surface area contributed by atoms with E-state index < -0.39 is 4.92 Å². The minimum absolute atomic E-state index is 0.192. The van der Waals surface area contributed by atoms with Crippen molar-refractivity contribution in [2.75, 3.05) is 0 Å². The van der Waals surface area contributed by atoms with Crippen molar-refractivity contribution in [2.45, 2.75) is 13.3 Å². The Labute approximate surface area is 71.7 Å². The summed E-state index contributed by atoms with van der Waals surface area (Å²) in [7, 11) is 0. The molecule has 0 aliphatic rings. The van der Waals surface area contributed by atoms with Crippen molar-refractivity contribution in [3.63, 3.8) is 0 Å². The van der Waals surface area contributed by atoms with Crippen LogP contribution in [0.15, 0.2) is 5.22 Å². The Balaban J connectivity index is 3.29. The van der Waals surface area contributed by atoms with Gasteiger partial charge in [0.15, 0.2) is 5.69 Å². The second-order valence-corrected chi connectivity index (χ2v) is 2.04. The van der Waals surface area contributed by atoms with Crippen molar-refractivity contribution >= 4 is 5.82 Å². The Hall–Kier alpha value is -2.15. The number of hydrogen-bond acceptors (Lipinski definition) is 5. The first-order chi connectivity index (χ1) is 6.20. The van der Waals surface area contributed by atoms with Crippen LogP contribution in [0.3, 0.4) is 0 Å². The lowest BCUT2D eigenvalue weighted by molar-refractivity contribution is -0.393. The van der Waals surface area contributed by atoms with Crippen LogP contribution in [0.25, 0.3) is 10.4 Å². The largest absolute Gasteiger partial charge is 0.380 e. The molecule has 9 nitrogen and oxygen atoms in total. The van der Waals surface area contributed by atoms with Gasteiger partial charge in [0.1, 0.15) is 0 Å². The molecular formula is C4H5N7O2. The summed E-state index contributed by atoms with van der Waals surface area (Å²) in [5.74, 6) is -0.389. The minimum Gasteiger partial charge on any atom is -0.358 e. The summed E-state index contributed by atoms with van der Waals surface area (Å²) in [4.78, 5) is 12.7. The topological polar surface area (TPSA) is 123 Å². The highest BCUT2D eigenvalue weighted by Gasteiger charge is 2.20. The highest BCUT2D eigenvalue weighted by Crippen LogP contribution is 2.15. The summed E-state index contributed by atoms with van der Waals surface area (Å²) < 4.78 is 0. The zero-order chi connectivity index (χ0) is 9.84. The van der Waals surface area contributed by atoms with E-state index in [0.29, 0.717) is 11.2 Å². The number of nitrogens with zero attached hydrogens (tertiary/aromatic N) is 7. The molecule has 13 heavy (non-hydrogen) atoms. The van der Waals surface area contributed by atoms with Gasteiger partial charge in [-0.25, -0.2) is 0 Å². The quantitative estimate of drug-likeness (QED) is 0.226. The van der Waals surface area contributed by atoms with Crippen LogP contribution < -0.4 is 0 Å². The maximum atomic E-state index is 10.5. The molecule has 1 aromatic heterocycles. The third-order valence-corrected chi connectivity index (χ3v) is 1.33. The van der Waals surface area contributed by atoms with Crippen molar-refractivity contribution in [2.24, 2.45) is 5.22 Å². The van der Waals surface area contributed by atoms with E-state index in [1.807, 2.05) is 0 Å². The smallest absolute Gasteiger partial charge is 0.358 e. The van der Waals surface area contributed by atoms with Gasteiger partial charge < -0.3 is 10.1 Å². The highest BCUT2D eigenvalue weighted by atomic mass is 16.6. The van der Waals surface area contributed by atoms with Gasteiger partial charge in [-0.3, -0.25) is 0 Å². The van der Waals surface area contributed by atoms with Gasteiger partial charge in [-0.2, -0.15) is 4.91 Å². The summed E-state index contributed by atoms with van der Waals surface area (Å²) in [6.45, 7) is 1.69. The fraction of sp³-hybridized carbons (Fsp3) is 0.500. The van der Waals surface area contributed by atoms with Gasteiger partial charge >= 0.3 is 5.82 Å². The van der Waals surface area contributed by atoms with Gasteiger partial charge in [-0.1, -0.05) is 6.92 Å². The third kappa shape index (κ3) is 1.54. The lowest BCUT2D eigenvalue weighted by Crippen LogP contribution is -1.99. The molecule has 0 N–H and O–H groups in total. The summed E-state index contributed by atoms with van der Waals surface area (Å²) in [6, 6.07) is 0. The van der Waals surface area contributed by atoms with Gasteiger partial charge in [0.2, 0.25) is 0 Å². The molecular weight excluding hydrogens is 178 g/mol. The number of aromatic nitrogens is 3. The molecule has 0 bridgehead atoms. The van der Waals surface area contributed by atoms with Crippen LogP contribution in [0.1, 0.15) is 12.6 Å². The molecule has 0 saturated carbocycles. The number of nitro groups is 1. The van der Waals surface area contributed by atoms with Crippen molar-refractivity contribution < 1.29 is 4.92 Å². The van der Waals surface area contributed by atoms with Crippen molar-refractivity contribution in [3.8, 4) is 0 Å². The van der Waals surface area contributed by atoms with Gasteiger partial charge in [-0.05, 0) is 16.1 Å². The SMILES string of the molecule is CCc1nnn(N=[N+]=[N-])c1[N+](=O)[O-]. The summed E-state index contributed by atoms with van der Waals surface area (Å²) in [5.41, 5.74) is 8.25. The predicted octanol–water partition coefficient (Wildman–Crippen LogP) is 0.822. The van der Waals surface area contributed by atoms with Crippen LogP contribution in [-0.2, 0) is 6.42 Å². The number of rotatable bonds is 3. The second kappa shape index (κ2) is 3.50. The van der Waals surface area contributed by atoms with E-state index in [1.54, 1.807) is 6.92 Å². The Morgan fingerprint density at radius 1 is 1.85 bits per heavy atom. The number of hydrogen-bond donors (Lipinski definition) is 0. The summed E-state index contributed by atoms with van der Waals surface area (Å²) in [5, 5.41) is 20.2.